The Morgan fingerprint density at radius 2 is 2.05 bits per heavy atom. The molecule has 1 amide bonds. The second-order valence-electron chi connectivity index (χ2n) is 4.30. The minimum atomic E-state index is -0.623. The van der Waals surface area contributed by atoms with Gasteiger partial charge in [-0.15, -0.1) is 0 Å². The summed E-state index contributed by atoms with van der Waals surface area (Å²) in [5.74, 6) is -1.40. The van der Waals surface area contributed by atoms with E-state index in [2.05, 4.69) is 10.3 Å². The molecule has 0 aliphatic rings. The Labute approximate surface area is 121 Å². The zero-order chi connectivity index (χ0) is 15.4. The number of benzene rings is 1. The van der Waals surface area contributed by atoms with Crippen LogP contribution in [0.25, 0.3) is 0 Å². The van der Waals surface area contributed by atoms with E-state index in [1.807, 2.05) is 0 Å². The number of carbonyl (C=O) groups excluding carboxylic acids is 1. The predicted molar refractivity (Wildman–Crippen MR) is 77.5 cm³/mol. The van der Waals surface area contributed by atoms with E-state index in [9.17, 15) is 13.6 Å². The highest BCUT2D eigenvalue weighted by molar-refractivity contribution is 6.09. The normalized spacial score (nSPS) is 10.3. The van der Waals surface area contributed by atoms with Crippen LogP contribution in [0.15, 0.2) is 36.5 Å². The maximum atomic E-state index is 13.9. The van der Waals surface area contributed by atoms with E-state index in [0.29, 0.717) is 0 Å². The number of rotatable bonds is 4. The first-order chi connectivity index (χ1) is 10.1. The molecule has 0 aliphatic carbocycles. The first-order valence-corrected chi connectivity index (χ1v) is 6.48. The minimum absolute atomic E-state index is 0.0580. The topological polar surface area (TPSA) is 45.2 Å². The molecule has 1 heterocycles. The Balaban J connectivity index is 2.46. The van der Waals surface area contributed by atoms with Crippen LogP contribution in [0.1, 0.15) is 17.3 Å². The van der Waals surface area contributed by atoms with Gasteiger partial charge in [0.05, 0.1) is 17.4 Å². The number of hydrogen-bond acceptors (Lipinski definition) is 3. The third-order valence-corrected chi connectivity index (χ3v) is 3.03. The van der Waals surface area contributed by atoms with Crippen LogP contribution in [0.5, 0.6) is 0 Å². The van der Waals surface area contributed by atoms with E-state index in [1.54, 1.807) is 26.1 Å². The van der Waals surface area contributed by atoms with Crippen molar-refractivity contribution in [2.75, 3.05) is 23.8 Å². The highest BCUT2D eigenvalue weighted by Crippen LogP contribution is 2.23. The standard InChI is InChI=1S/C15H15F2N3O/c1-3-20(13-7-5-4-6-12(13)17)15(21)11-8-10(16)9-19-14(11)18-2/h4-9H,3H2,1-2H3,(H,18,19). The molecule has 1 aromatic heterocycles. The van der Waals surface area contributed by atoms with Gasteiger partial charge in [-0.3, -0.25) is 4.79 Å². The lowest BCUT2D eigenvalue weighted by Crippen LogP contribution is -2.32. The van der Waals surface area contributed by atoms with Crippen molar-refractivity contribution >= 4 is 17.4 Å². The Kier molecular flexibility index (Phi) is 4.47. The van der Waals surface area contributed by atoms with Crippen LogP contribution in [-0.2, 0) is 0 Å². The lowest BCUT2D eigenvalue weighted by Gasteiger charge is -2.22. The quantitative estimate of drug-likeness (QED) is 0.941. The molecule has 1 aromatic carbocycles. The monoisotopic (exact) mass is 291 g/mol. The Bertz CT molecular complexity index is 661. The van der Waals surface area contributed by atoms with Gasteiger partial charge >= 0.3 is 0 Å². The molecule has 2 rings (SSSR count). The smallest absolute Gasteiger partial charge is 0.262 e. The Morgan fingerprint density at radius 3 is 2.67 bits per heavy atom. The summed E-state index contributed by atoms with van der Waals surface area (Å²) in [5.41, 5.74) is 0.207. The minimum Gasteiger partial charge on any atom is -0.372 e. The summed E-state index contributed by atoms with van der Waals surface area (Å²) >= 11 is 0. The molecule has 1 N–H and O–H groups in total. The van der Waals surface area contributed by atoms with Crippen molar-refractivity contribution in [3.05, 3.63) is 53.7 Å². The zero-order valence-electron chi connectivity index (χ0n) is 11.7. The second kappa shape index (κ2) is 6.30. The van der Waals surface area contributed by atoms with Crippen molar-refractivity contribution in [2.45, 2.75) is 6.92 Å². The number of carbonyl (C=O) groups is 1. The van der Waals surface area contributed by atoms with Crippen molar-refractivity contribution in [3.8, 4) is 0 Å². The molecular weight excluding hydrogens is 276 g/mol. The van der Waals surface area contributed by atoms with Crippen molar-refractivity contribution in [1.29, 1.82) is 0 Å². The van der Waals surface area contributed by atoms with Gasteiger partial charge in [-0.2, -0.15) is 0 Å². The Hall–Kier alpha value is -2.50. The Morgan fingerprint density at radius 1 is 1.33 bits per heavy atom. The fraction of sp³-hybridized carbons (Fsp3) is 0.200. The van der Waals surface area contributed by atoms with Crippen LogP contribution in [0, 0.1) is 11.6 Å². The number of amides is 1. The highest BCUT2D eigenvalue weighted by Gasteiger charge is 2.22. The summed E-state index contributed by atoms with van der Waals surface area (Å²) in [6.07, 6.45) is 1.02. The third-order valence-electron chi connectivity index (χ3n) is 3.03. The van der Waals surface area contributed by atoms with Gasteiger partial charge in [0.25, 0.3) is 5.91 Å². The summed E-state index contributed by atoms with van der Waals surface area (Å²) in [6, 6.07) is 7.04. The van der Waals surface area contributed by atoms with E-state index in [4.69, 9.17) is 0 Å². The molecule has 2 aromatic rings. The molecule has 0 bridgehead atoms. The lowest BCUT2D eigenvalue weighted by molar-refractivity contribution is 0.0987. The molecule has 0 saturated carbocycles. The van der Waals surface area contributed by atoms with E-state index >= 15 is 0 Å². The fourth-order valence-corrected chi connectivity index (χ4v) is 2.04. The number of aromatic nitrogens is 1. The molecule has 0 radical (unpaired) electrons. The SMILES string of the molecule is CCN(C(=O)c1cc(F)cnc1NC)c1ccccc1F. The summed E-state index contributed by atoms with van der Waals surface area (Å²) < 4.78 is 27.2. The van der Waals surface area contributed by atoms with Crippen LogP contribution in [0.2, 0.25) is 0 Å². The predicted octanol–water partition coefficient (Wildman–Crippen LogP) is 3.07. The van der Waals surface area contributed by atoms with Crippen molar-refractivity contribution in [1.82, 2.24) is 4.98 Å². The van der Waals surface area contributed by atoms with Crippen LogP contribution < -0.4 is 10.2 Å². The van der Waals surface area contributed by atoms with Crippen molar-refractivity contribution in [2.24, 2.45) is 0 Å². The molecule has 0 saturated heterocycles. The van der Waals surface area contributed by atoms with Gasteiger partial charge in [0.2, 0.25) is 0 Å². The molecular formula is C15H15F2N3O. The van der Waals surface area contributed by atoms with Crippen molar-refractivity contribution < 1.29 is 13.6 Å². The maximum absolute atomic E-state index is 13.9. The number of halogens is 2. The molecule has 0 unspecified atom stereocenters. The number of hydrogen-bond donors (Lipinski definition) is 1. The van der Waals surface area contributed by atoms with Gasteiger partial charge in [-0.1, -0.05) is 12.1 Å². The van der Waals surface area contributed by atoms with Crippen LogP contribution in [0.4, 0.5) is 20.3 Å². The maximum Gasteiger partial charge on any atom is 0.262 e. The number of para-hydroxylation sites is 1. The average Bonchev–Trinajstić information content (AvgIpc) is 2.49. The molecule has 4 nitrogen and oxygen atoms in total. The molecule has 0 spiro atoms. The molecule has 0 fully saturated rings. The number of nitrogens with zero attached hydrogens (tertiary/aromatic N) is 2. The highest BCUT2D eigenvalue weighted by atomic mass is 19.1. The summed E-state index contributed by atoms with van der Waals surface area (Å²) in [4.78, 5) is 17.6. The van der Waals surface area contributed by atoms with Gasteiger partial charge in [0.15, 0.2) is 0 Å². The van der Waals surface area contributed by atoms with E-state index < -0.39 is 17.5 Å². The van der Waals surface area contributed by atoms with Crippen LogP contribution >= 0.6 is 0 Å². The van der Waals surface area contributed by atoms with Gasteiger partial charge in [-0.05, 0) is 25.1 Å². The van der Waals surface area contributed by atoms with E-state index in [-0.39, 0.29) is 23.6 Å². The summed E-state index contributed by atoms with van der Waals surface area (Å²) in [5, 5.41) is 2.73. The molecule has 0 aliphatic heterocycles. The lowest BCUT2D eigenvalue weighted by atomic mass is 10.2. The van der Waals surface area contributed by atoms with Gasteiger partial charge < -0.3 is 10.2 Å². The van der Waals surface area contributed by atoms with Crippen molar-refractivity contribution in [3.63, 3.8) is 0 Å². The van der Waals surface area contributed by atoms with Crippen LogP contribution in [0.3, 0.4) is 0 Å². The molecule has 6 heteroatoms. The third kappa shape index (κ3) is 2.99. The van der Waals surface area contributed by atoms with Gasteiger partial charge in [-0.25, -0.2) is 13.8 Å². The van der Waals surface area contributed by atoms with Gasteiger partial charge in [0, 0.05) is 13.6 Å². The summed E-state index contributed by atoms with van der Waals surface area (Å²) in [6.45, 7) is 1.97. The first kappa shape index (κ1) is 14.9. The average molecular weight is 291 g/mol. The molecule has 0 atom stereocenters. The molecule has 110 valence electrons. The van der Waals surface area contributed by atoms with Gasteiger partial charge in [0.1, 0.15) is 17.5 Å². The molecule has 21 heavy (non-hydrogen) atoms. The number of pyridine rings is 1. The fourth-order valence-electron chi connectivity index (χ4n) is 2.04. The van der Waals surface area contributed by atoms with Crippen LogP contribution in [-0.4, -0.2) is 24.5 Å². The zero-order valence-corrected chi connectivity index (χ0v) is 11.7. The van der Waals surface area contributed by atoms with E-state index in [1.165, 1.54) is 17.0 Å². The first-order valence-electron chi connectivity index (χ1n) is 6.48. The number of anilines is 2. The largest absolute Gasteiger partial charge is 0.372 e. The second-order valence-corrected chi connectivity index (χ2v) is 4.30. The van der Waals surface area contributed by atoms with E-state index in [0.717, 1.165) is 12.3 Å². The number of nitrogens with one attached hydrogen (secondary N) is 1. The summed E-state index contributed by atoms with van der Waals surface area (Å²) in [7, 11) is 1.58.